The van der Waals surface area contributed by atoms with Crippen molar-refractivity contribution < 1.29 is 0 Å². The van der Waals surface area contributed by atoms with Crippen molar-refractivity contribution in [3.8, 4) is 5.69 Å². The smallest absolute Gasteiger partial charge is 0.207 e. The molecule has 2 aromatic heterocycles. The predicted octanol–water partition coefficient (Wildman–Crippen LogP) is 3.53. The van der Waals surface area contributed by atoms with Crippen LogP contribution in [0.1, 0.15) is 0 Å². The number of fused-ring (bicyclic) bond motifs is 1. The van der Waals surface area contributed by atoms with E-state index in [9.17, 15) is 0 Å². The summed E-state index contributed by atoms with van der Waals surface area (Å²) in [6, 6.07) is 9.61. The molecule has 0 radical (unpaired) electrons. The highest BCUT2D eigenvalue weighted by Gasteiger charge is 2.13. The lowest BCUT2D eigenvalue weighted by Crippen LogP contribution is -2.02. The summed E-state index contributed by atoms with van der Waals surface area (Å²) in [7, 11) is 0. The summed E-state index contributed by atoms with van der Waals surface area (Å²) in [6.07, 6.45) is 1.73. The van der Waals surface area contributed by atoms with Crippen LogP contribution < -0.4 is 5.73 Å². The third-order valence-corrected chi connectivity index (χ3v) is 3.72. The van der Waals surface area contributed by atoms with Crippen molar-refractivity contribution >= 4 is 49.0 Å². The zero-order valence-electron chi connectivity index (χ0n) is 9.14. The molecule has 0 atom stereocenters. The van der Waals surface area contributed by atoms with Gasteiger partial charge in [-0.05, 0) is 46.3 Å². The molecule has 3 aromatic rings. The summed E-state index contributed by atoms with van der Waals surface area (Å²) < 4.78 is 3.74. The number of rotatable bonds is 1. The fourth-order valence-corrected chi connectivity index (χ4v) is 3.05. The molecule has 0 bridgehead atoms. The summed E-state index contributed by atoms with van der Waals surface area (Å²) in [5.74, 6) is 0.423. The monoisotopic (exact) mass is 366 g/mol. The van der Waals surface area contributed by atoms with E-state index in [2.05, 4.69) is 41.8 Å². The predicted molar refractivity (Wildman–Crippen MR) is 78.7 cm³/mol. The van der Waals surface area contributed by atoms with Gasteiger partial charge in [0.15, 0.2) is 5.65 Å². The Kier molecular flexibility index (Phi) is 2.83. The summed E-state index contributed by atoms with van der Waals surface area (Å²) >= 11 is 6.95. The number of halogens is 2. The van der Waals surface area contributed by atoms with Gasteiger partial charge >= 0.3 is 0 Å². The molecular formula is C12H8Br2N4. The van der Waals surface area contributed by atoms with Crippen LogP contribution in [0, 0.1) is 0 Å². The molecule has 0 saturated carbocycles. The van der Waals surface area contributed by atoms with Gasteiger partial charge < -0.3 is 5.73 Å². The zero-order valence-corrected chi connectivity index (χ0v) is 12.3. The van der Waals surface area contributed by atoms with Crippen molar-refractivity contribution in [1.82, 2.24) is 14.5 Å². The Bertz CT molecular complexity index is 736. The molecule has 0 saturated heterocycles. The van der Waals surface area contributed by atoms with Gasteiger partial charge in [0.25, 0.3) is 0 Å². The Labute approximate surface area is 120 Å². The van der Waals surface area contributed by atoms with Gasteiger partial charge in [0.05, 0.1) is 5.69 Å². The van der Waals surface area contributed by atoms with Crippen LogP contribution >= 0.6 is 31.9 Å². The zero-order chi connectivity index (χ0) is 12.7. The number of hydrogen-bond acceptors (Lipinski definition) is 3. The second kappa shape index (κ2) is 4.37. The molecule has 0 spiro atoms. The fraction of sp³-hybridized carbons (Fsp3) is 0. The molecule has 18 heavy (non-hydrogen) atoms. The molecule has 0 amide bonds. The van der Waals surface area contributed by atoms with Crippen LogP contribution in [0.25, 0.3) is 16.9 Å². The van der Waals surface area contributed by atoms with Gasteiger partial charge in [-0.25, -0.2) is 9.97 Å². The van der Waals surface area contributed by atoms with Crippen LogP contribution in [0.5, 0.6) is 0 Å². The Balaban J connectivity index is 2.34. The Morgan fingerprint density at radius 2 is 2.00 bits per heavy atom. The molecule has 2 N–H and O–H groups in total. The highest BCUT2D eigenvalue weighted by atomic mass is 79.9. The second-order valence-corrected chi connectivity index (χ2v) is 5.52. The summed E-state index contributed by atoms with van der Waals surface area (Å²) in [6.45, 7) is 0. The Morgan fingerprint density at radius 1 is 1.17 bits per heavy atom. The number of pyridine rings is 1. The highest BCUT2D eigenvalue weighted by molar-refractivity contribution is 9.11. The van der Waals surface area contributed by atoms with Crippen molar-refractivity contribution in [2.45, 2.75) is 0 Å². The maximum Gasteiger partial charge on any atom is 0.207 e. The van der Waals surface area contributed by atoms with Gasteiger partial charge in [-0.2, -0.15) is 0 Å². The SMILES string of the molecule is Nc1nc2cccnc2n1-c1ccc(Br)cc1Br. The molecule has 90 valence electrons. The van der Waals surface area contributed by atoms with Gasteiger partial charge in [0.1, 0.15) is 5.52 Å². The third-order valence-electron chi connectivity index (χ3n) is 2.59. The van der Waals surface area contributed by atoms with Crippen molar-refractivity contribution in [2.24, 2.45) is 0 Å². The first-order chi connectivity index (χ1) is 8.66. The molecule has 2 heterocycles. The minimum absolute atomic E-state index is 0.423. The van der Waals surface area contributed by atoms with Crippen LogP contribution in [0.4, 0.5) is 5.95 Å². The van der Waals surface area contributed by atoms with Gasteiger partial charge in [0, 0.05) is 15.1 Å². The lowest BCUT2D eigenvalue weighted by Gasteiger charge is -2.08. The lowest BCUT2D eigenvalue weighted by molar-refractivity contribution is 1.08. The molecule has 1 aromatic carbocycles. The van der Waals surface area contributed by atoms with Crippen LogP contribution in [-0.4, -0.2) is 14.5 Å². The molecular weight excluding hydrogens is 360 g/mol. The molecule has 4 nitrogen and oxygen atoms in total. The van der Waals surface area contributed by atoms with E-state index in [1.165, 1.54) is 0 Å². The van der Waals surface area contributed by atoms with E-state index in [0.29, 0.717) is 5.95 Å². The number of nitrogens with zero attached hydrogens (tertiary/aromatic N) is 3. The normalized spacial score (nSPS) is 11.0. The Hall–Kier alpha value is -1.40. The van der Waals surface area contributed by atoms with E-state index >= 15 is 0 Å². The maximum absolute atomic E-state index is 5.97. The van der Waals surface area contributed by atoms with Crippen molar-refractivity contribution in [3.05, 3.63) is 45.5 Å². The Morgan fingerprint density at radius 3 is 2.78 bits per heavy atom. The first-order valence-corrected chi connectivity index (χ1v) is 6.80. The first-order valence-electron chi connectivity index (χ1n) is 5.21. The first kappa shape index (κ1) is 11.7. The van der Waals surface area contributed by atoms with Gasteiger partial charge in [0.2, 0.25) is 5.95 Å². The molecule has 0 unspecified atom stereocenters. The van der Waals surface area contributed by atoms with Crippen molar-refractivity contribution in [2.75, 3.05) is 5.73 Å². The van der Waals surface area contributed by atoms with E-state index in [4.69, 9.17) is 5.73 Å². The standard InChI is InChI=1S/C12H8Br2N4/c13-7-3-4-10(8(14)6-7)18-11-9(17-12(18)15)2-1-5-16-11/h1-6H,(H2,15,17). The van der Waals surface area contributed by atoms with Gasteiger partial charge in [-0.15, -0.1) is 0 Å². The van der Waals surface area contributed by atoms with E-state index in [1.807, 2.05) is 34.9 Å². The molecule has 3 rings (SSSR count). The molecule has 0 aliphatic heterocycles. The summed E-state index contributed by atoms with van der Waals surface area (Å²) in [5.41, 5.74) is 8.42. The van der Waals surface area contributed by atoms with Gasteiger partial charge in [-0.1, -0.05) is 15.9 Å². The quantitative estimate of drug-likeness (QED) is 0.715. The summed E-state index contributed by atoms with van der Waals surface area (Å²) in [4.78, 5) is 8.63. The van der Waals surface area contributed by atoms with E-state index in [-0.39, 0.29) is 0 Å². The number of nitrogen functional groups attached to an aromatic ring is 1. The van der Waals surface area contributed by atoms with Gasteiger partial charge in [-0.3, -0.25) is 4.57 Å². The third kappa shape index (κ3) is 1.81. The maximum atomic E-state index is 5.97. The average Bonchev–Trinajstić information content (AvgIpc) is 2.66. The number of imidazole rings is 1. The van der Waals surface area contributed by atoms with Crippen LogP contribution in [0.2, 0.25) is 0 Å². The van der Waals surface area contributed by atoms with E-state index in [0.717, 1.165) is 25.8 Å². The lowest BCUT2D eigenvalue weighted by atomic mass is 10.3. The number of aromatic nitrogens is 3. The molecule has 0 fully saturated rings. The minimum Gasteiger partial charge on any atom is -0.369 e. The summed E-state index contributed by atoms with van der Waals surface area (Å²) in [5, 5.41) is 0. The largest absolute Gasteiger partial charge is 0.369 e. The van der Waals surface area contributed by atoms with Crippen LogP contribution in [0.3, 0.4) is 0 Å². The van der Waals surface area contributed by atoms with E-state index < -0.39 is 0 Å². The fourth-order valence-electron chi connectivity index (χ4n) is 1.83. The van der Waals surface area contributed by atoms with Crippen LogP contribution in [0.15, 0.2) is 45.5 Å². The van der Waals surface area contributed by atoms with E-state index in [1.54, 1.807) is 6.20 Å². The topological polar surface area (TPSA) is 56.7 Å². The van der Waals surface area contributed by atoms with Crippen molar-refractivity contribution in [3.63, 3.8) is 0 Å². The molecule has 6 heteroatoms. The highest BCUT2D eigenvalue weighted by Crippen LogP contribution is 2.29. The number of nitrogens with two attached hydrogens (primary N) is 1. The van der Waals surface area contributed by atoms with Crippen molar-refractivity contribution in [1.29, 1.82) is 0 Å². The molecule has 0 aliphatic carbocycles. The van der Waals surface area contributed by atoms with Crippen LogP contribution in [-0.2, 0) is 0 Å². The second-order valence-electron chi connectivity index (χ2n) is 3.75. The average molecular weight is 368 g/mol. The molecule has 0 aliphatic rings. The number of hydrogen-bond donors (Lipinski definition) is 1. The number of anilines is 1. The number of benzene rings is 1. The minimum atomic E-state index is 0.423.